The van der Waals surface area contributed by atoms with Gasteiger partial charge in [-0.25, -0.2) is 0 Å². The van der Waals surface area contributed by atoms with Crippen LogP contribution in [0.1, 0.15) is 77.0 Å². The Balaban J connectivity index is 0.000000180. The van der Waals surface area contributed by atoms with Crippen molar-refractivity contribution in [3.63, 3.8) is 0 Å². The molecule has 9 aliphatic rings. The average molecular weight is 744 g/mol. The Morgan fingerprint density at radius 2 is 1.17 bits per heavy atom. The van der Waals surface area contributed by atoms with Gasteiger partial charge < -0.3 is 14.4 Å². The molecule has 0 atom stereocenters. The number of nitrogens with zero attached hydrogens (tertiary/aromatic N) is 2. The molecule has 0 unspecified atom stereocenters. The molecule has 8 aliphatic carbocycles. The SMILES string of the molecule is CN1C=CN(c2[c-]cccc2)[CH-]1.O=P(c1[c-]cccc1)(C12CC3CC(CC(C3)C1)C2)C12CC3CC(CC(C3)C1)C2.[Ir+3]. The van der Waals surface area contributed by atoms with Gasteiger partial charge in [-0.1, -0.05) is 0 Å². The van der Waals surface area contributed by atoms with Gasteiger partial charge >= 0.3 is 20.1 Å². The summed E-state index contributed by atoms with van der Waals surface area (Å²) in [5.74, 6) is 5.23. The largest absolute Gasteiger partial charge is 3.00 e. The van der Waals surface area contributed by atoms with Gasteiger partial charge in [0.1, 0.15) is 7.14 Å². The Morgan fingerprint density at radius 3 is 1.54 bits per heavy atom. The van der Waals surface area contributed by atoms with E-state index in [4.69, 9.17) is 0 Å². The summed E-state index contributed by atoms with van der Waals surface area (Å²) in [6.07, 6.45) is 20.3. The summed E-state index contributed by atoms with van der Waals surface area (Å²) in [6, 6.07) is 23.2. The predicted octanol–water partition coefficient (Wildman–Crippen LogP) is 8.24. The van der Waals surface area contributed by atoms with Crippen molar-refractivity contribution in [3.8, 4) is 0 Å². The van der Waals surface area contributed by atoms with Crippen molar-refractivity contribution in [1.29, 1.82) is 0 Å². The number of anilines is 1. The van der Waals surface area contributed by atoms with E-state index in [0.29, 0.717) is 0 Å². The Morgan fingerprint density at radius 1 is 0.707 bits per heavy atom. The minimum Gasteiger partial charge on any atom is -0.510 e. The fourth-order valence-electron chi connectivity index (χ4n) is 11.6. The third-order valence-electron chi connectivity index (χ3n) is 12.1. The maximum Gasteiger partial charge on any atom is 3.00 e. The number of para-hydroxylation sites is 1. The molecule has 0 spiro atoms. The summed E-state index contributed by atoms with van der Waals surface area (Å²) >= 11 is 0. The van der Waals surface area contributed by atoms with Gasteiger partial charge in [0, 0.05) is 10.3 Å². The van der Waals surface area contributed by atoms with Crippen LogP contribution in [0.25, 0.3) is 0 Å². The van der Waals surface area contributed by atoms with E-state index in [1.54, 1.807) is 0 Å². The summed E-state index contributed by atoms with van der Waals surface area (Å²) in [6.45, 7) is 2.01. The topological polar surface area (TPSA) is 23.6 Å². The molecule has 8 bridgehead atoms. The van der Waals surface area contributed by atoms with Gasteiger partial charge in [-0.15, -0.1) is 11.0 Å². The third-order valence-corrected chi connectivity index (χ3v) is 16.8. The summed E-state index contributed by atoms with van der Waals surface area (Å²) in [4.78, 5) is 4.03. The van der Waals surface area contributed by atoms with Gasteiger partial charge in [-0.05, 0) is 132 Å². The molecule has 8 fully saturated rings. The quantitative estimate of drug-likeness (QED) is 0.233. The van der Waals surface area contributed by atoms with Gasteiger partial charge in [0.2, 0.25) is 0 Å². The fraction of sp³-hybridized carbons (Fsp3) is 0.583. The zero-order valence-corrected chi connectivity index (χ0v) is 27.7. The molecule has 41 heavy (non-hydrogen) atoms. The first-order valence-corrected chi connectivity index (χ1v) is 17.7. The van der Waals surface area contributed by atoms with Crippen LogP contribution in [-0.2, 0) is 24.7 Å². The van der Waals surface area contributed by atoms with Crippen molar-refractivity contribution < 1.29 is 24.7 Å². The van der Waals surface area contributed by atoms with E-state index in [0.717, 1.165) is 41.2 Å². The van der Waals surface area contributed by atoms with Crippen LogP contribution in [0.15, 0.2) is 60.9 Å². The first-order chi connectivity index (χ1) is 19.4. The van der Waals surface area contributed by atoms with E-state index < -0.39 is 7.14 Å². The molecule has 2 aromatic carbocycles. The van der Waals surface area contributed by atoms with Crippen LogP contribution >= 0.6 is 7.14 Å². The van der Waals surface area contributed by atoms with E-state index in [1.807, 2.05) is 60.2 Å². The van der Waals surface area contributed by atoms with E-state index in [9.17, 15) is 0 Å². The Bertz CT molecular complexity index is 1190. The minimum atomic E-state index is -2.53. The molecule has 5 heteroatoms. The van der Waals surface area contributed by atoms with E-state index in [-0.39, 0.29) is 30.4 Å². The molecule has 3 nitrogen and oxygen atoms in total. The summed E-state index contributed by atoms with van der Waals surface area (Å²) < 4.78 is 15.9. The maximum atomic E-state index is 15.9. The molecule has 1 aliphatic heterocycles. The zero-order valence-electron chi connectivity index (χ0n) is 24.4. The van der Waals surface area contributed by atoms with E-state index >= 15 is 4.57 Å². The molecule has 8 saturated carbocycles. The van der Waals surface area contributed by atoms with Gasteiger partial charge in [-0.3, -0.25) is 0 Å². The monoisotopic (exact) mass is 744 g/mol. The Labute approximate surface area is 261 Å². The number of rotatable bonds is 4. The molecule has 0 radical (unpaired) electrons. The van der Waals surface area contributed by atoms with Crippen LogP contribution in [0.3, 0.4) is 0 Å². The second-order valence-electron chi connectivity index (χ2n) is 14.9. The van der Waals surface area contributed by atoms with Crippen LogP contribution in [0.5, 0.6) is 0 Å². The molecule has 2 aromatic rings. The van der Waals surface area contributed by atoms with Crippen LogP contribution in [0.2, 0.25) is 0 Å². The molecule has 0 aromatic heterocycles. The molecule has 0 saturated heterocycles. The first kappa shape index (κ1) is 28.4. The zero-order chi connectivity index (χ0) is 27.0. The maximum absolute atomic E-state index is 15.9. The smallest absolute Gasteiger partial charge is 0.510 e. The van der Waals surface area contributed by atoms with Crippen LogP contribution in [0.4, 0.5) is 5.69 Å². The predicted molar refractivity (Wildman–Crippen MR) is 163 cm³/mol. The molecule has 0 N–H and O–H groups in total. The summed E-state index contributed by atoms with van der Waals surface area (Å²) in [5.41, 5.74) is 1.07. The fourth-order valence-corrected chi connectivity index (χ4v) is 17.3. The number of hydrogen-bond donors (Lipinski definition) is 0. The third kappa shape index (κ3) is 4.65. The van der Waals surface area contributed by atoms with Crippen LogP contribution < -0.4 is 10.2 Å². The van der Waals surface area contributed by atoms with Crippen molar-refractivity contribution in [3.05, 3.63) is 79.7 Å². The van der Waals surface area contributed by atoms with Crippen molar-refractivity contribution in [2.24, 2.45) is 35.5 Å². The summed E-state index contributed by atoms with van der Waals surface area (Å²) in [7, 11) is -0.527. The van der Waals surface area contributed by atoms with Crippen molar-refractivity contribution in [2.75, 3.05) is 11.9 Å². The van der Waals surface area contributed by atoms with E-state index in [1.165, 1.54) is 82.4 Å². The second kappa shape index (κ2) is 10.7. The molecule has 0 amide bonds. The number of benzene rings is 2. The average Bonchev–Trinajstić information content (AvgIpc) is 3.39. The van der Waals surface area contributed by atoms with E-state index in [2.05, 4.69) is 36.4 Å². The molecular weight excluding hydrogens is 700 g/mol. The van der Waals surface area contributed by atoms with Crippen molar-refractivity contribution >= 4 is 18.1 Å². The van der Waals surface area contributed by atoms with Gasteiger partial charge in [0.15, 0.2) is 0 Å². The van der Waals surface area contributed by atoms with Gasteiger partial charge in [0.05, 0.1) is 0 Å². The standard InChI is InChI=1S/C26H34OP.C10H10N2.Ir/c27-28(24-4-2-1-3-5-24,25-12-18-6-19(13-25)8-20(7-18)14-25)26-15-21-9-22(16-26)11-23(10-21)17-26;1-11-7-8-12(9-11)10-5-3-2-4-6-10;/h1-4,18-23H,6-17H2;2-5,7-9H,1H3;/q-1;-2;+3. The molecule has 218 valence electrons. The molecule has 1 heterocycles. The van der Waals surface area contributed by atoms with Crippen molar-refractivity contribution in [1.82, 2.24) is 4.90 Å². The van der Waals surface area contributed by atoms with Crippen molar-refractivity contribution in [2.45, 2.75) is 87.4 Å². The minimum absolute atomic E-state index is 0. The second-order valence-corrected chi connectivity index (χ2v) is 18.5. The van der Waals surface area contributed by atoms with Crippen LogP contribution in [-0.4, -0.2) is 22.3 Å². The normalized spacial score (nSPS) is 40.6. The number of hydrogen-bond acceptors (Lipinski definition) is 3. The van der Waals surface area contributed by atoms with Crippen LogP contribution in [0, 0.1) is 54.3 Å². The van der Waals surface area contributed by atoms with Gasteiger partial charge in [0.25, 0.3) is 0 Å². The Hall–Kier alpha value is -1.34. The summed E-state index contributed by atoms with van der Waals surface area (Å²) in [5, 5.41) is 1.43. The first-order valence-electron chi connectivity index (χ1n) is 16.0. The van der Waals surface area contributed by atoms with Gasteiger partial charge in [-0.2, -0.15) is 67.3 Å². The molecule has 11 rings (SSSR count). The Kier molecular flexibility index (Phi) is 7.40. The molecular formula is C36H44IrN2OP.